The van der Waals surface area contributed by atoms with Crippen LogP contribution in [-0.4, -0.2) is 63.2 Å². The molecule has 4 heteroatoms. The number of allylic oxidation sites excluding steroid dienone is 2. The predicted octanol–water partition coefficient (Wildman–Crippen LogP) is 2.93. The van der Waals surface area contributed by atoms with Crippen molar-refractivity contribution in [2.24, 2.45) is 5.92 Å². The number of benzene rings is 1. The Morgan fingerprint density at radius 1 is 1.12 bits per heavy atom. The Labute approximate surface area is 152 Å². The van der Waals surface area contributed by atoms with Gasteiger partial charge in [-0.1, -0.05) is 24.3 Å². The predicted molar refractivity (Wildman–Crippen MR) is 104 cm³/mol. The Morgan fingerprint density at radius 2 is 1.88 bits per heavy atom. The molecule has 25 heavy (non-hydrogen) atoms. The number of nitrogens with one attached hydrogen (secondary N) is 1. The Morgan fingerprint density at radius 3 is 2.52 bits per heavy atom. The van der Waals surface area contributed by atoms with Crippen molar-refractivity contribution < 1.29 is 4.74 Å². The zero-order valence-corrected chi connectivity index (χ0v) is 15.8. The minimum atomic E-state index is 0.389. The third kappa shape index (κ3) is 5.56. The highest BCUT2D eigenvalue weighted by atomic mass is 16.5. The van der Waals surface area contributed by atoms with E-state index < -0.39 is 0 Å². The van der Waals surface area contributed by atoms with Crippen LogP contribution in [0.4, 0.5) is 0 Å². The van der Waals surface area contributed by atoms with Gasteiger partial charge in [-0.15, -0.1) is 0 Å². The van der Waals surface area contributed by atoms with E-state index in [1.807, 2.05) is 0 Å². The van der Waals surface area contributed by atoms with E-state index in [1.165, 1.54) is 37.9 Å². The summed E-state index contributed by atoms with van der Waals surface area (Å²) in [7, 11) is 3.94. The quantitative estimate of drug-likeness (QED) is 0.771. The number of hydrogen-bond donors (Lipinski definition) is 1. The molecule has 1 aromatic rings. The first-order valence-corrected chi connectivity index (χ1v) is 9.68. The molecule has 1 N–H and O–H groups in total. The van der Waals surface area contributed by atoms with Crippen LogP contribution in [0.1, 0.15) is 30.9 Å². The highest BCUT2D eigenvalue weighted by molar-refractivity contribution is 5.29. The summed E-state index contributed by atoms with van der Waals surface area (Å²) in [6.07, 6.45) is 8.43. The van der Waals surface area contributed by atoms with Crippen molar-refractivity contribution in [3.05, 3.63) is 42.0 Å². The van der Waals surface area contributed by atoms with Gasteiger partial charge < -0.3 is 15.0 Å². The molecule has 1 aromatic carbocycles. The number of ether oxygens (including phenoxy) is 1. The fourth-order valence-corrected chi connectivity index (χ4v) is 3.76. The Bertz CT molecular complexity index is 535. The van der Waals surface area contributed by atoms with Gasteiger partial charge >= 0.3 is 0 Å². The fourth-order valence-electron chi connectivity index (χ4n) is 3.76. The largest absolute Gasteiger partial charge is 0.497 e. The molecule has 2 aliphatic rings. The first-order chi connectivity index (χ1) is 12.2. The summed E-state index contributed by atoms with van der Waals surface area (Å²) < 4.78 is 5.32. The van der Waals surface area contributed by atoms with Crippen molar-refractivity contribution in [1.82, 2.24) is 15.1 Å². The SMILES string of the molecule is COc1ccc([C@H](CN2CCN(C)CC2)NC[C@H]2CC=CCC2)cc1. The maximum absolute atomic E-state index is 5.32. The van der Waals surface area contributed by atoms with Crippen LogP contribution in [0.3, 0.4) is 0 Å². The number of rotatable bonds is 7. The lowest BCUT2D eigenvalue weighted by molar-refractivity contribution is 0.141. The Kier molecular flexibility index (Phi) is 6.91. The molecule has 1 aliphatic heterocycles. The van der Waals surface area contributed by atoms with Gasteiger partial charge in [-0.3, -0.25) is 4.90 Å². The number of nitrogens with zero attached hydrogens (tertiary/aromatic N) is 2. The third-order valence-corrected chi connectivity index (χ3v) is 5.59. The topological polar surface area (TPSA) is 27.7 Å². The van der Waals surface area contributed by atoms with Crippen LogP contribution in [0.2, 0.25) is 0 Å². The molecule has 1 fully saturated rings. The second-order valence-corrected chi connectivity index (χ2v) is 7.49. The number of likely N-dealkylation sites (N-methyl/N-ethyl adjacent to an activating group) is 1. The molecule has 0 radical (unpaired) electrons. The lowest BCUT2D eigenvalue weighted by Crippen LogP contribution is -2.47. The molecule has 0 amide bonds. The van der Waals surface area contributed by atoms with Crippen molar-refractivity contribution in [3.63, 3.8) is 0 Å². The second kappa shape index (κ2) is 9.37. The van der Waals surface area contributed by atoms with E-state index in [4.69, 9.17) is 4.74 Å². The molecule has 0 saturated carbocycles. The summed E-state index contributed by atoms with van der Waals surface area (Å²) in [5, 5.41) is 3.87. The molecule has 3 rings (SSSR count). The van der Waals surface area contributed by atoms with Gasteiger partial charge in [0.1, 0.15) is 5.75 Å². The molecular weight excluding hydrogens is 310 g/mol. The maximum Gasteiger partial charge on any atom is 0.118 e. The normalized spacial score (nSPS) is 23.5. The summed E-state index contributed by atoms with van der Waals surface area (Å²) >= 11 is 0. The zero-order chi connectivity index (χ0) is 17.5. The van der Waals surface area contributed by atoms with Crippen molar-refractivity contribution in [2.75, 3.05) is 53.4 Å². The van der Waals surface area contributed by atoms with Crippen molar-refractivity contribution in [1.29, 1.82) is 0 Å². The summed E-state index contributed by atoms with van der Waals surface area (Å²) in [6.45, 7) is 6.86. The third-order valence-electron chi connectivity index (χ3n) is 5.59. The van der Waals surface area contributed by atoms with E-state index in [1.54, 1.807) is 7.11 Å². The molecule has 2 atom stereocenters. The summed E-state index contributed by atoms with van der Waals surface area (Å²) in [6, 6.07) is 8.98. The van der Waals surface area contributed by atoms with E-state index in [0.29, 0.717) is 6.04 Å². The van der Waals surface area contributed by atoms with E-state index >= 15 is 0 Å². The molecule has 1 saturated heterocycles. The molecule has 1 heterocycles. The molecule has 1 aliphatic carbocycles. The van der Waals surface area contributed by atoms with Gasteiger partial charge in [-0.2, -0.15) is 0 Å². The molecule has 0 unspecified atom stereocenters. The van der Waals surface area contributed by atoms with Crippen LogP contribution in [0.5, 0.6) is 5.75 Å². The van der Waals surface area contributed by atoms with Crippen LogP contribution < -0.4 is 10.1 Å². The van der Waals surface area contributed by atoms with Crippen LogP contribution in [0, 0.1) is 5.92 Å². The first-order valence-electron chi connectivity index (χ1n) is 9.68. The average Bonchev–Trinajstić information content (AvgIpc) is 2.67. The van der Waals surface area contributed by atoms with Gasteiger partial charge in [-0.05, 0) is 56.5 Å². The molecule has 0 bridgehead atoms. The molecule has 0 aromatic heterocycles. The fraction of sp³-hybridized carbons (Fsp3) is 0.619. The van der Waals surface area contributed by atoms with E-state index in [9.17, 15) is 0 Å². The Hall–Kier alpha value is -1.36. The summed E-state index contributed by atoms with van der Waals surface area (Å²) in [4.78, 5) is 5.02. The van der Waals surface area contributed by atoms with Crippen molar-refractivity contribution in [2.45, 2.75) is 25.3 Å². The number of piperazine rings is 1. The summed E-state index contributed by atoms with van der Waals surface area (Å²) in [5.74, 6) is 1.71. The van der Waals surface area contributed by atoms with Gasteiger partial charge in [0.2, 0.25) is 0 Å². The number of methoxy groups -OCH3 is 1. The Balaban J connectivity index is 1.62. The van der Waals surface area contributed by atoms with Crippen LogP contribution >= 0.6 is 0 Å². The highest BCUT2D eigenvalue weighted by Crippen LogP contribution is 2.22. The van der Waals surface area contributed by atoms with Gasteiger partial charge in [-0.25, -0.2) is 0 Å². The van der Waals surface area contributed by atoms with E-state index in [-0.39, 0.29) is 0 Å². The molecule has 138 valence electrons. The lowest BCUT2D eigenvalue weighted by Gasteiger charge is -2.35. The zero-order valence-electron chi connectivity index (χ0n) is 15.8. The molecule has 4 nitrogen and oxygen atoms in total. The van der Waals surface area contributed by atoms with Gasteiger partial charge in [0.05, 0.1) is 7.11 Å². The van der Waals surface area contributed by atoms with Gasteiger partial charge in [0, 0.05) is 38.8 Å². The smallest absolute Gasteiger partial charge is 0.118 e. The minimum absolute atomic E-state index is 0.389. The maximum atomic E-state index is 5.32. The van der Waals surface area contributed by atoms with E-state index in [2.05, 4.69) is 58.6 Å². The monoisotopic (exact) mass is 343 g/mol. The summed E-state index contributed by atoms with van der Waals surface area (Å²) in [5.41, 5.74) is 1.37. The van der Waals surface area contributed by atoms with Gasteiger partial charge in [0.25, 0.3) is 0 Å². The van der Waals surface area contributed by atoms with Crippen LogP contribution in [-0.2, 0) is 0 Å². The highest BCUT2D eigenvalue weighted by Gasteiger charge is 2.21. The molecule has 0 spiro atoms. The number of hydrogen-bond acceptors (Lipinski definition) is 4. The minimum Gasteiger partial charge on any atom is -0.497 e. The van der Waals surface area contributed by atoms with Crippen LogP contribution in [0.25, 0.3) is 0 Å². The second-order valence-electron chi connectivity index (χ2n) is 7.49. The average molecular weight is 344 g/mol. The standard InChI is InChI=1S/C21H33N3O/c1-23-12-14-24(15-13-23)17-21(19-8-10-20(25-2)11-9-19)22-16-18-6-4-3-5-7-18/h3-4,8-11,18,21-22H,5-7,12-17H2,1-2H3/t18-,21-/m0/s1. The van der Waals surface area contributed by atoms with Crippen LogP contribution in [0.15, 0.2) is 36.4 Å². The first kappa shape index (κ1) is 18.4. The van der Waals surface area contributed by atoms with Gasteiger partial charge in [0.15, 0.2) is 0 Å². The van der Waals surface area contributed by atoms with Crippen molar-refractivity contribution in [3.8, 4) is 5.75 Å². The lowest BCUT2D eigenvalue weighted by atomic mass is 9.94. The van der Waals surface area contributed by atoms with E-state index in [0.717, 1.165) is 37.8 Å². The van der Waals surface area contributed by atoms with Crippen molar-refractivity contribution >= 4 is 0 Å². The molecular formula is C21H33N3O.